The molecule has 4 rings (SSSR count). The van der Waals surface area contributed by atoms with E-state index in [9.17, 15) is 9.59 Å². The molecule has 1 fully saturated rings. The van der Waals surface area contributed by atoms with Gasteiger partial charge in [0, 0.05) is 37.3 Å². The Balaban J connectivity index is 1.60. The van der Waals surface area contributed by atoms with Crippen LogP contribution in [-0.2, 0) is 11.2 Å². The molecule has 1 aromatic heterocycles. The maximum Gasteiger partial charge on any atom is 0.251 e. The van der Waals surface area contributed by atoms with E-state index in [1.54, 1.807) is 6.07 Å². The van der Waals surface area contributed by atoms with Crippen LogP contribution in [0.15, 0.2) is 41.2 Å². The van der Waals surface area contributed by atoms with Crippen LogP contribution in [0, 0.1) is 19.8 Å². The normalized spacial score (nSPS) is 23.2. The molecule has 0 spiro atoms. The fraction of sp³-hybridized carbons (Fsp3) is 0.500. The fourth-order valence-corrected chi connectivity index (χ4v) is 5.05. The van der Waals surface area contributed by atoms with Gasteiger partial charge in [-0.25, -0.2) is 0 Å². The van der Waals surface area contributed by atoms with Gasteiger partial charge < -0.3 is 14.4 Å². The summed E-state index contributed by atoms with van der Waals surface area (Å²) in [5, 5.41) is 0. The molecule has 0 saturated carbocycles. The molecule has 2 aliphatic rings. The minimum atomic E-state index is 0.0824. The highest BCUT2D eigenvalue weighted by atomic mass is 16.2. The van der Waals surface area contributed by atoms with Crippen molar-refractivity contribution < 1.29 is 4.79 Å². The molecule has 1 saturated heterocycles. The topological polar surface area (TPSA) is 45.6 Å². The van der Waals surface area contributed by atoms with Gasteiger partial charge in [-0.3, -0.25) is 9.59 Å². The number of pyridine rings is 1. The zero-order valence-corrected chi connectivity index (χ0v) is 17.9. The molecule has 0 radical (unpaired) electrons. The number of fused-ring (bicyclic) bond motifs is 4. The summed E-state index contributed by atoms with van der Waals surface area (Å²) in [4.78, 5) is 30.0. The van der Waals surface area contributed by atoms with Crippen LogP contribution in [0.1, 0.15) is 40.8 Å². The number of likely N-dealkylation sites (N-methyl/N-ethyl adjacent to an activating group) is 1. The average molecular weight is 394 g/mol. The summed E-state index contributed by atoms with van der Waals surface area (Å²) in [7, 11) is 4.09. The zero-order chi connectivity index (χ0) is 20.7. The molecule has 1 aromatic carbocycles. The van der Waals surface area contributed by atoms with Gasteiger partial charge in [0.1, 0.15) is 0 Å². The Labute approximate surface area is 172 Å². The van der Waals surface area contributed by atoms with Crippen molar-refractivity contribution in [3.05, 3.63) is 69.1 Å². The number of carbonyl (C=O) groups is 1. The van der Waals surface area contributed by atoms with Gasteiger partial charge in [-0.2, -0.15) is 0 Å². The molecule has 5 heteroatoms. The third kappa shape index (κ3) is 3.88. The largest absolute Gasteiger partial charge is 0.341 e. The number of benzene rings is 1. The second-order valence-corrected chi connectivity index (χ2v) is 9.08. The summed E-state index contributed by atoms with van der Waals surface area (Å²) >= 11 is 0. The van der Waals surface area contributed by atoms with Gasteiger partial charge >= 0.3 is 0 Å². The predicted molar refractivity (Wildman–Crippen MR) is 115 cm³/mol. The highest BCUT2D eigenvalue weighted by Gasteiger charge is 2.41. The van der Waals surface area contributed by atoms with Crippen molar-refractivity contribution in [3.63, 3.8) is 0 Å². The quantitative estimate of drug-likeness (QED) is 0.802. The number of nitrogens with zero attached hydrogens (tertiary/aromatic N) is 3. The molecule has 2 aromatic rings. The Morgan fingerprint density at radius 2 is 1.90 bits per heavy atom. The average Bonchev–Trinajstić information content (AvgIpc) is 2.68. The van der Waals surface area contributed by atoms with Crippen molar-refractivity contribution >= 4 is 5.91 Å². The van der Waals surface area contributed by atoms with Gasteiger partial charge in [-0.15, -0.1) is 0 Å². The summed E-state index contributed by atoms with van der Waals surface area (Å²) in [6, 6.07) is 12.0. The molecular weight excluding hydrogens is 362 g/mol. The third-order valence-electron chi connectivity index (χ3n) is 6.63. The number of hydrogen-bond acceptors (Lipinski definition) is 3. The first kappa shape index (κ1) is 19.9. The number of amides is 1. The molecule has 3 atom stereocenters. The van der Waals surface area contributed by atoms with E-state index in [0.29, 0.717) is 18.9 Å². The molecule has 3 heterocycles. The highest BCUT2D eigenvalue weighted by molar-refractivity contribution is 5.79. The molecule has 154 valence electrons. The molecule has 29 heavy (non-hydrogen) atoms. The van der Waals surface area contributed by atoms with Crippen LogP contribution in [0.5, 0.6) is 0 Å². The number of piperidine rings is 1. The van der Waals surface area contributed by atoms with E-state index in [1.807, 2.05) is 29.6 Å². The van der Waals surface area contributed by atoms with Crippen molar-refractivity contribution in [3.8, 4) is 0 Å². The van der Waals surface area contributed by atoms with Crippen LogP contribution in [-0.4, -0.2) is 54.0 Å². The number of rotatable bonds is 4. The van der Waals surface area contributed by atoms with Crippen LogP contribution < -0.4 is 5.56 Å². The van der Waals surface area contributed by atoms with E-state index in [2.05, 4.69) is 43.0 Å². The molecule has 0 N–H and O–H groups in total. The highest BCUT2D eigenvalue weighted by Crippen LogP contribution is 2.41. The monoisotopic (exact) mass is 393 g/mol. The molecule has 2 bridgehead atoms. The van der Waals surface area contributed by atoms with Crippen molar-refractivity contribution in [1.29, 1.82) is 0 Å². The first-order valence-corrected chi connectivity index (χ1v) is 10.5. The van der Waals surface area contributed by atoms with Gasteiger partial charge in [0.2, 0.25) is 5.91 Å². The SMILES string of the molecule is Cc1ccc(CC(=O)N2C[C@H]3C[C@@H](C2)[C@H](CN(C)C)n2c3cccc2=O)cc1C. The number of carbonyl (C=O) groups excluding carboxylic acids is 1. The molecule has 1 amide bonds. The minimum absolute atomic E-state index is 0.0824. The first-order chi connectivity index (χ1) is 13.8. The standard InChI is InChI=1S/C24H31N3O2/c1-16-8-9-18(10-17(16)2)11-24(29)26-13-19-12-20(14-26)22(15-25(3)4)27-21(19)6-5-7-23(27)28/h5-10,19-20,22H,11-15H2,1-4H3/t19-,20+,22+/m1/s1. The van der Waals surface area contributed by atoms with Gasteiger partial charge in [-0.05, 0) is 63.0 Å². The Morgan fingerprint density at radius 3 is 2.62 bits per heavy atom. The fourth-order valence-electron chi connectivity index (χ4n) is 5.05. The number of aromatic nitrogens is 1. The van der Waals surface area contributed by atoms with E-state index in [4.69, 9.17) is 0 Å². The summed E-state index contributed by atoms with van der Waals surface area (Å²) < 4.78 is 2.00. The molecule has 0 unspecified atom stereocenters. The number of likely N-dealkylation sites (tertiary alicyclic amines) is 1. The molecule has 0 aliphatic carbocycles. The molecule has 2 aliphatic heterocycles. The smallest absolute Gasteiger partial charge is 0.251 e. The Kier molecular flexibility index (Phi) is 5.34. The first-order valence-electron chi connectivity index (χ1n) is 10.5. The number of aryl methyl sites for hydroxylation is 2. The van der Waals surface area contributed by atoms with Crippen molar-refractivity contribution in [2.75, 3.05) is 33.7 Å². The Bertz CT molecular complexity index is 978. The van der Waals surface area contributed by atoms with Crippen LogP contribution in [0.4, 0.5) is 0 Å². The van der Waals surface area contributed by atoms with Gasteiger partial charge in [0.15, 0.2) is 0 Å². The third-order valence-corrected chi connectivity index (χ3v) is 6.63. The summed E-state index contributed by atoms with van der Waals surface area (Å²) in [6.45, 7) is 6.44. The maximum absolute atomic E-state index is 13.1. The summed E-state index contributed by atoms with van der Waals surface area (Å²) in [5.74, 6) is 0.746. The van der Waals surface area contributed by atoms with Crippen molar-refractivity contribution in [2.45, 2.75) is 38.6 Å². The van der Waals surface area contributed by atoms with E-state index >= 15 is 0 Å². The lowest BCUT2D eigenvalue weighted by atomic mass is 9.78. The van der Waals surface area contributed by atoms with Gasteiger partial charge in [0.25, 0.3) is 5.56 Å². The van der Waals surface area contributed by atoms with Crippen LogP contribution in [0.25, 0.3) is 0 Å². The van der Waals surface area contributed by atoms with Crippen molar-refractivity contribution in [1.82, 2.24) is 14.4 Å². The van der Waals surface area contributed by atoms with E-state index in [0.717, 1.165) is 30.8 Å². The van der Waals surface area contributed by atoms with Crippen LogP contribution in [0.3, 0.4) is 0 Å². The lowest BCUT2D eigenvalue weighted by Gasteiger charge is -2.47. The molecule has 5 nitrogen and oxygen atoms in total. The van der Waals surface area contributed by atoms with E-state index in [-0.39, 0.29) is 23.4 Å². The summed E-state index contributed by atoms with van der Waals surface area (Å²) in [6.07, 6.45) is 1.50. The zero-order valence-electron chi connectivity index (χ0n) is 17.9. The Morgan fingerprint density at radius 1 is 1.10 bits per heavy atom. The summed E-state index contributed by atoms with van der Waals surface area (Å²) in [5.41, 5.74) is 4.73. The second kappa shape index (κ2) is 7.79. The Hall–Kier alpha value is -2.40. The van der Waals surface area contributed by atoms with Gasteiger partial charge in [-0.1, -0.05) is 24.3 Å². The van der Waals surface area contributed by atoms with Crippen LogP contribution >= 0.6 is 0 Å². The maximum atomic E-state index is 13.1. The van der Waals surface area contributed by atoms with Gasteiger partial charge in [0.05, 0.1) is 12.5 Å². The molecular formula is C24H31N3O2. The van der Waals surface area contributed by atoms with E-state index in [1.165, 1.54) is 11.1 Å². The van der Waals surface area contributed by atoms with E-state index < -0.39 is 0 Å². The predicted octanol–water partition coefficient (Wildman–Crippen LogP) is 2.76. The lowest BCUT2D eigenvalue weighted by molar-refractivity contribution is -0.133. The van der Waals surface area contributed by atoms with Crippen LogP contribution in [0.2, 0.25) is 0 Å². The lowest BCUT2D eigenvalue weighted by Crippen LogP contribution is -2.53. The second-order valence-electron chi connectivity index (χ2n) is 9.08. The number of hydrogen-bond donors (Lipinski definition) is 0. The minimum Gasteiger partial charge on any atom is -0.341 e. The van der Waals surface area contributed by atoms with Crippen molar-refractivity contribution in [2.24, 2.45) is 5.92 Å².